The minimum absolute atomic E-state index is 0.154. The summed E-state index contributed by atoms with van der Waals surface area (Å²) in [6.45, 7) is 5.06. The molecule has 0 spiro atoms. The van der Waals surface area contributed by atoms with Crippen molar-refractivity contribution >= 4 is 0 Å². The first-order valence-electron chi connectivity index (χ1n) is 6.74. The summed E-state index contributed by atoms with van der Waals surface area (Å²) < 4.78 is 13.4. The van der Waals surface area contributed by atoms with Gasteiger partial charge < -0.3 is 5.32 Å². The summed E-state index contributed by atoms with van der Waals surface area (Å²) in [5.74, 6) is -0.176. The van der Waals surface area contributed by atoms with E-state index in [1.807, 2.05) is 12.1 Å². The first kappa shape index (κ1) is 13.8. The maximum absolute atomic E-state index is 13.4. The van der Waals surface area contributed by atoms with Crippen LogP contribution in [-0.2, 0) is 6.42 Å². The van der Waals surface area contributed by atoms with Gasteiger partial charge in [0.2, 0.25) is 0 Å². The molecule has 1 nitrogen and oxygen atoms in total. The van der Waals surface area contributed by atoms with Crippen LogP contribution >= 0.6 is 0 Å². The summed E-state index contributed by atoms with van der Waals surface area (Å²) in [5.41, 5.74) is 3.59. The van der Waals surface area contributed by atoms with Crippen LogP contribution in [-0.4, -0.2) is 6.54 Å². The minimum atomic E-state index is -0.176. The van der Waals surface area contributed by atoms with Gasteiger partial charge in [-0.3, -0.25) is 0 Å². The third kappa shape index (κ3) is 3.65. The van der Waals surface area contributed by atoms with Gasteiger partial charge in [0, 0.05) is 6.04 Å². The summed E-state index contributed by atoms with van der Waals surface area (Å²) in [5, 5.41) is 3.44. The van der Waals surface area contributed by atoms with E-state index >= 15 is 0 Å². The monoisotopic (exact) mass is 257 g/mol. The van der Waals surface area contributed by atoms with Crippen molar-refractivity contribution in [3.05, 3.63) is 71.0 Å². The van der Waals surface area contributed by atoms with Crippen molar-refractivity contribution in [3.8, 4) is 0 Å². The van der Waals surface area contributed by atoms with Gasteiger partial charge in [0.25, 0.3) is 0 Å². The highest BCUT2D eigenvalue weighted by Crippen LogP contribution is 2.21. The molecule has 2 rings (SSSR count). The summed E-state index contributed by atoms with van der Waals surface area (Å²) in [6.07, 6.45) is 0.879. The van der Waals surface area contributed by atoms with Crippen molar-refractivity contribution in [2.45, 2.75) is 26.3 Å². The zero-order valence-corrected chi connectivity index (χ0v) is 11.5. The van der Waals surface area contributed by atoms with Crippen molar-refractivity contribution in [3.63, 3.8) is 0 Å². The lowest BCUT2D eigenvalue weighted by atomic mass is 9.96. The van der Waals surface area contributed by atoms with E-state index < -0.39 is 0 Å². The van der Waals surface area contributed by atoms with Crippen LogP contribution in [0.2, 0.25) is 0 Å². The largest absolute Gasteiger partial charge is 0.310 e. The van der Waals surface area contributed by atoms with E-state index in [0.717, 1.165) is 18.5 Å². The molecule has 0 saturated carbocycles. The topological polar surface area (TPSA) is 12.0 Å². The molecular weight excluding hydrogens is 237 g/mol. The third-order valence-electron chi connectivity index (χ3n) is 3.39. The maximum Gasteiger partial charge on any atom is 0.123 e. The predicted molar refractivity (Wildman–Crippen MR) is 77.7 cm³/mol. The number of likely N-dealkylation sites (N-methyl/N-ethyl adjacent to an activating group) is 1. The number of aryl methyl sites for hydroxylation is 1. The molecule has 0 aliphatic rings. The number of hydrogen-bond acceptors (Lipinski definition) is 1. The van der Waals surface area contributed by atoms with Gasteiger partial charge in [0.1, 0.15) is 5.82 Å². The average Bonchev–Trinajstić information content (AvgIpc) is 2.40. The summed E-state index contributed by atoms with van der Waals surface area (Å²) in [6, 6.07) is 15.4. The van der Waals surface area contributed by atoms with E-state index in [1.54, 1.807) is 12.1 Å². The lowest BCUT2D eigenvalue weighted by Gasteiger charge is -2.19. The molecule has 0 fully saturated rings. The number of rotatable bonds is 5. The van der Waals surface area contributed by atoms with Gasteiger partial charge in [-0.25, -0.2) is 4.39 Å². The van der Waals surface area contributed by atoms with Crippen LogP contribution in [0, 0.1) is 12.7 Å². The van der Waals surface area contributed by atoms with Crippen molar-refractivity contribution in [2.75, 3.05) is 6.54 Å². The molecule has 0 saturated heterocycles. The van der Waals surface area contributed by atoms with Crippen LogP contribution in [0.4, 0.5) is 4.39 Å². The van der Waals surface area contributed by atoms with E-state index in [9.17, 15) is 4.39 Å². The Bertz CT molecular complexity index is 536. The van der Waals surface area contributed by atoms with E-state index in [-0.39, 0.29) is 11.9 Å². The Morgan fingerprint density at radius 2 is 1.89 bits per heavy atom. The lowest BCUT2D eigenvalue weighted by molar-refractivity contribution is 0.542. The Kier molecular flexibility index (Phi) is 4.69. The number of nitrogens with one attached hydrogen (secondary N) is 1. The Labute approximate surface area is 114 Å². The Hall–Kier alpha value is -1.67. The molecule has 1 unspecified atom stereocenters. The summed E-state index contributed by atoms with van der Waals surface area (Å²) in [4.78, 5) is 0. The molecule has 19 heavy (non-hydrogen) atoms. The first-order chi connectivity index (χ1) is 9.20. The molecule has 2 aromatic carbocycles. The molecule has 0 aromatic heterocycles. The zero-order valence-electron chi connectivity index (χ0n) is 11.5. The van der Waals surface area contributed by atoms with E-state index in [2.05, 4.69) is 37.4 Å². The second kappa shape index (κ2) is 6.48. The first-order valence-corrected chi connectivity index (χ1v) is 6.74. The Morgan fingerprint density at radius 3 is 2.58 bits per heavy atom. The number of hydrogen-bond donors (Lipinski definition) is 1. The SMILES string of the molecule is CCNC(Cc1ccccc1C)c1cccc(F)c1. The standard InChI is InChI=1S/C17H20FN/c1-3-19-17(15-9-6-10-16(18)11-15)12-14-8-5-4-7-13(14)2/h4-11,17,19H,3,12H2,1-2H3. The summed E-state index contributed by atoms with van der Waals surface area (Å²) >= 11 is 0. The fourth-order valence-electron chi connectivity index (χ4n) is 2.34. The van der Waals surface area contributed by atoms with Gasteiger partial charge in [-0.15, -0.1) is 0 Å². The highest BCUT2D eigenvalue weighted by molar-refractivity contribution is 5.29. The van der Waals surface area contributed by atoms with Crippen molar-refractivity contribution in [2.24, 2.45) is 0 Å². The Morgan fingerprint density at radius 1 is 1.11 bits per heavy atom. The third-order valence-corrected chi connectivity index (χ3v) is 3.39. The minimum Gasteiger partial charge on any atom is -0.310 e. The molecule has 0 amide bonds. The molecule has 2 heteroatoms. The van der Waals surface area contributed by atoms with Gasteiger partial charge in [0.15, 0.2) is 0 Å². The van der Waals surface area contributed by atoms with E-state index in [4.69, 9.17) is 0 Å². The quantitative estimate of drug-likeness (QED) is 0.852. The molecule has 0 heterocycles. The predicted octanol–water partition coefficient (Wildman–Crippen LogP) is 4.03. The maximum atomic E-state index is 13.4. The smallest absolute Gasteiger partial charge is 0.123 e. The fourth-order valence-corrected chi connectivity index (χ4v) is 2.34. The van der Waals surface area contributed by atoms with Gasteiger partial charge in [-0.1, -0.05) is 43.3 Å². The van der Waals surface area contributed by atoms with Gasteiger partial charge >= 0.3 is 0 Å². The molecule has 0 aliphatic heterocycles. The van der Waals surface area contributed by atoms with Crippen molar-refractivity contribution in [1.29, 1.82) is 0 Å². The molecule has 0 bridgehead atoms. The molecule has 100 valence electrons. The van der Waals surface area contributed by atoms with Crippen LogP contribution in [0.1, 0.15) is 29.7 Å². The Balaban J connectivity index is 2.24. The van der Waals surface area contributed by atoms with Crippen LogP contribution in [0.5, 0.6) is 0 Å². The average molecular weight is 257 g/mol. The summed E-state index contributed by atoms with van der Waals surface area (Å²) in [7, 11) is 0. The zero-order chi connectivity index (χ0) is 13.7. The fraction of sp³-hybridized carbons (Fsp3) is 0.294. The van der Waals surface area contributed by atoms with Crippen LogP contribution in [0.3, 0.4) is 0 Å². The number of benzene rings is 2. The second-order valence-corrected chi connectivity index (χ2v) is 4.80. The van der Waals surface area contributed by atoms with Crippen molar-refractivity contribution in [1.82, 2.24) is 5.32 Å². The van der Waals surface area contributed by atoms with Gasteiger partial charge in [-0.05, 0) is 48.7 Å². The van der Waals surface area contributed by atoms with E-state index in [1.165, 1.54) is 17.2 Å². The van der Waals surface area contributed by atoms with Gasteiger partial charge in [0.05, 0.1) is 0 Å². The normalized spacial score (nSPS) is 12.4. The lowest BCUT2D eigenvalue weighted by Crippen LogP contribution is -2.23. The van der Waals surface area contributed by atoms with Crippen molar-refractivity contribution < 1.29 is 4.39 Å². The van der Waals surface area contributed by atoms with E-state index in [0.29, 0.717) is 0 Å². The molecule has 1 atom stereocenters. The molecule has 0 aliphatic carbocycles. The highest BCUT2D eigenvalue weighted by Gasteiger charge is 2.12. The van der Waals surface area contributed by atoms with Crippen LogP contribution in [0.15, 0.2) is 48.5 Å². The molecule has 2 aromatic rings. The van der Waals surface area contributed by atoms with Crippen LogP contribution < -0.4 is 5.32 Å². The molecule has 1 N–H and O–H groups in total. The molecule has 0 radical (unpaired) electrons. The molecular formula is C17H20FN. The highest BCUT2D eigenvalue weighted by atomic mass is 19.1. The van der Waals surface area contributed by atoms with Crippen LogP contribution in [0.25, 0.3) is 0 Å². The number of halogens is 1. The second-order valence-electron chi connectivity index (χ2n) is 4.80. The van der Waals surface area contributed by atoms with Gasteiger partial charge in [-0.2, -0.15) is 0 Å².